The molecule has 1 aromatic carbocycles. The number of aromatic nitrogens is 1. The fourth-order valence-corrected chi connectivity index (χ4v) is 3.22. The van der Waals surface area contributed by atoms with E-state index in [-0.39, 0.29) is 18.7 Å². The molecular weight excluding hydrogens is 439 g/mol. The van der Waals surface area contributed by atoms with Gasteiger partial charge in [-0.1, -0.05) is 30.3 Å². The van der Waals surface area contributed by atoms with Crippen LogP contribution >= 0.6 is 0 Å². The van der Waals surface area contributed by atoms with Gasteiger partial charge >= 0.3 is 6.18 Å². The van der Waals surface area contributed by atoms with Crippen molar-refractivity contribution in [2.75, 3.05) is 6.54 Å². The molecule has 3 rings (SSSR count). The van der Waals surface area contributed by atoms with Crippen LogP contribution in [0.4, 0.5) is 13.2 Å². The van der Waals surface area contributed by atoms with Crippen molar-refractivity contribution in [3.63, 3.8) is 0 Å². The molecule has 0 bridgehead atoms. The highest BCUT2D eigenvalue weighted by molar-refractivity contribution is 5.99. The Hall–Kier alpha value is -3.82. The van der Waals surface area contributed by atoms with Crippen molar-refractivity contribution in [2.45, 2.75) is 32.1 Å². The van der Waals surface area contributed by atoms with Crippen molar-refractivity contribution >= 4 is 11.8 Å². The van der Waals surface area contributed by atoms with E-state index in [1.54, 1.807) is 6.92 Å². The Morgan fingerprint density at radius 2 is 1.70 bits per heavy atom. The second kappa shape index (κ2) is 10.2. The van der Waals surface area contributed by atoms with Gasteiger partial charge in [0.25, 0.3) is 11.8 Å². The Labute approximate surface area is 187 Å². The van der Waals surface area contributed by atoms with Gasteiger partial charge in [-0.15, -0.1) is 0 Å². The summed E-state index contributed by atoms with van der Waals surface area (Å²) in [5.74, 6) is -2.51. The zero-order valence-electron chi connectivity index (χ0n) is 17.7. The maximum absolute atomic E-state index is 13.5. The van der Waals surface area contributed by atoms with Crippen molar-refractivity contribution in [3.8, 4) is 0 Å². The van der Waals surface area contributed by atoms with E-state index in [0.717, 1.165) is 24.1 Å². The van der Waals surface area contributed by atoms with Crippen LogP contribution in [0.1, 0.15) is 45.0 Å². The molecule has 1 unspecified atom stereocenters. The van der Waals surface area contributed by atoms with Gasteiger partial charge < -0.3 is 19.6 Å². The van der Waals surface area contributed by atoms with Crippen molar-refractivity contribution in [2.24, 2.45) is 0 Å². The lowest BCUT2D eigenvalue weighted by Crippen LogP contribution is -2.41. The number of hydrogen-bond donors (Lipinski definition) is 2. The molecular formula is C23H22F3N3O4. The summed E-state index contributed by atoms with van der Waals surface area (Å²) < 4.78 is 46.9. The van der Waals surface area contributed by atoms with Crippen molar-refractivity contribution in [3.05, 3.63) is 93.8 Å². The third-order valence-electron chi connectivity index (χ3n) is 4.84. The number of furan rings is 1. The first-order chi connectivity index (χ1) is 15.7. The van der Waals surface area contributed by atoms with Gasteiger partial charge in [0.1, 0.15) is 16.9 Å². The highest BCUT2D eigenvalue weighted by atomic mass is 19.4. The monoisotopic (exact) mass is 461 g/mol. The Kier molecular flexibility index (Phi) is 7.37. The molecule has 0 aliphatic heterocycles. The van der Waals surface area contributed by atoms with Crippen LogP contribution in [0.2, 0.25) is 0 Å². The summed E-state index contributed by atoms with van der Waals surface area (Å²) in [6.07, 6.45) is -0.861. The van der Waals surface area contributed by atoms with Crippen molar-refractivity contribution in [1.29, 1.82) is 0 Å². The van der Waals surface area contributed by atoms with Crippen molar-refractivity contribution in [1.82, 2.24) is 15.2 Å². The predicted octanol–water partition coefficient (Wildman–Crippen LogP) is 3.47. The summed E-state index contributed by atoms with van der Waals surface area (Å²) in [7, 11) is 0. The predicted molar refractivity (Wildman–Crippen MR) is 114 cm³/mol. The van der Waals surface area contributed by atoms with Gasteiger partial charge in [0.15, 0.2) is 6.04 Å². The number of pyridine rings is 1. The van der Waals surface area contributed by atoms with Crippen LogP contribution in [0.15, 0.2) is 70.3 Å². The van der Waals surface area contributed by atoms with Crippen LogP contribution in [-0.2, 0) is 13.0 Å². The molecule has 0 saturated carbocycles. The van der Waals surface area contributed by atoms with E-state index in [9.17, 15) is 27.6 Å². The van der Waals surface area contributed by atoms with E-state index in [1.807, 2.05) is 35.6 Å². The zero-order chi connectivity index (χ0) is 24.0. The minimum Gasteiger partial charge on any atom is -0.467 e. The van der Waals surface area contributed by atoms with Crippen LogP contribution in [0.3, 0.4) is 0 Å². The number of amides is 2. The summed E-state index contributed by atoms with van der Waals surface area (Å²) in [5, 5.41) is 4.29. The number of nitrogens with zero attached hydrogens (tertiary/aromatic N) is 1. The van der Waals surface area contributed by atoms with Gasteiger partial charge in [-0.25, -0.2) is 0 Å². The fraction of sp³-hybridized carbons (Fsp3) is 0.261. The van der Waals surface area contributed by atoms with Gasteiger partial charge in [0, 0.05) is 25.5 Å². The second-order valence-electron chi connectivity index (χ2n) is 7.21. The molecule has 1 atom stereocenters. The third kappa shape index (κ3) is 5.91. The van der Waals surface area contributed by atoms with Gasteiger partial charge in [0.05, 0.1) is 6.26 Å². The van der Waals surface area contributed by atoms with Gasteiger partial charge in [0.2, 0.25) is 5.43 Å². The Balaban J connectivity index is 1.96. The Morgan fingerprint density at radius 1 is 1.03 bits per heavy atom. The number of carbonyl (C=O) groups is 2. The molecule has 10 heteroatoms. The maximum atomic E-state index is 13.5. The summed E-state index contributed by atoms with van der Waals surface area (Å²) in [5.41, 5.74) is -0.904. The SMILES string of the molecule is CCNC(=O)c1cn(CCc2ccccc2)cc(C(=O)NC(c2ccco2)C(F)(F)F)c1=O. The number of nitrogens with one attached hydrogen (secondary N) is 2. The first kappa shape index (κ1) is 23.8. The first-order valence-corrected chi connectivity index (χ1v) is 10.2. The summed E-state index contributed by atoms with van der Waals surface area (Å²) in [6, 6.07) is 9.21. The van der Waals surface area contributed by atoms with Crippen LogP contribution in [0, 0.1) is 0 Å². The number of aryl methyl sites for hydroxylation is 2. The van der Waals surface area contributed by atoms with Crippen LogP contribution in [0.5, 0.6) is 0 Å². The number of benzene rings is 1. The fourth-order valence-electron chi connectivity index (χ4n) is 3.22. The molecule has 0 spiro atoms. The van der Waals surface area contributed by atoms with E-state index in [2.05, 4.69) is 5.32 Å². The highest BCUT2D eigenvalue weighted by Crippen LogP contribution is 2.33. The van der Waals surface area contributed by atoms with E-state index in [0.29, 0.717) is 6.42 Å². The minimum atomic E-state index is -4.86. The van der Waals surface area contributed by atoms with E-state index >= 15 is 0 Å². The summed E-state index contributed by atoms with van der Waals surface area (Å²) in [6.45, 7) is 2.17. The number of carbonyl (C=O) groups excluding carboxylic acids is 2. The molecule has 0 saturated heterocycles. The smallest absolute Gasteiger partial charge is 0.415 e. The molecule has 174 valence electrons. The molecule has 7 nitrogen and oxygen atoms in total. The zero-order valence-corrected chi connectivity index (χ0v) is 17.7. The average Bonchev–Trinajstić information content (AvgIpc) is 3.31. The lowest BCUT2D eigenvalue weighted by molar-refractivity contribution is -0.159. The van der Waals surface area contributed by atoms with Crippen LogP contribution in [0.25, 0.3) is 0 Å². The molecule has 0 aliphatic carbocycles. The molecule has 0 radical (unpaired) electrons. The average molecular weight is 461 g/mol. The summed E-state index contributed by atoms with van der Waals surface area (Å²) >= 11 is 0. The van der Waals surface area contributed by atoms with Gasteiger partial charge in [-0.3, -0.25) is 14.4 Å². The lowest BCUT2D eigenvalue weighted by atomic mass is 10.1. The standard InChI is InChI=1S/C23H22F3N3O4/c1-2-27-21(31)16-13-29(11-10-15-7-4-3-5-8-15)14-17(19(16)30)22(32)28-20(23(24,25)26)18-9-6-12-33-18/h3-9,12-14,20H,2,10-11H2,1H3,(H,27,31)(H,28,32). The van der Waals surface area contributed by atoms with Gasteiger partial charge in [-0.2, -0.15) is 13.2 Å². The second-order valence-corrected chi connectivity index (χ2v) is 7.21. The van der Waals surface area contributed by atoms with Gasteiger partial charge in [-0.05, 0) is 31.0 Å². The van der Waals surface area contributed by atoms with E-state index < -0.39 is 40.8 Å². The third-order valence-corrected chi connectivity index (χ3v) is 4.84. The van der Waals surface area contributed by atoms with Crippen molar-refractivity contribution < 1.29 is 27.2 Å². The number of alkyl halides is 3. The molecule has 0 fully saturated rings. The number of hydrogen-bond acceptors (Lipinski definition) is 4. The topological polar surface area (TPSA) is 93.3 Å². The minimum absolute atomic E-state index is 0.230. The largest absolute Gasteiger partial charge is 0.467 e. The molecule has 2 amide bonds. The normalized spacial score (nSPS) is 12.2. The number of halogens is 3. The van der Waals surface area contributed by atoms with E-state index in [4.69, 9.17) is 4.42 Å². The Morgan fingerprint density at radius 3 is 2.27 bits per heavy atom. The number of rotatable bonds is 8. The molecule has 33 heavy (non-hydrogen) atoms. The van der Waals surface area contributed by atoms with Crippen LogP contribution < -0.4 is 16.1 Å². The Bertz CT molecular complexity index is 1160. The molecule has 0 aliphatic rings. The first-order valence-electron chi connectivity index (χ1n) is 10.2. The molecule has 2 N–H and O–H groups in total. The quantitative estimate of drug-likeness (QED) is 0.537. The van der Waals surface area contributed by atoms with Crippen LogP contribution in [-0.4, -0.2) is 29.1 Å². The molecule has 2 aromatic heterocycles. The maximum Gasteiger partial charge on any atom is 0.415 e. The molecule has 2 heterocycles. The van der Waals surface area contributed by atoms with E-state index in [1.165, 1.54) is 16.8 Å². The lowest BCUT2D eigenvalue weighted by Gasteiger charge is -2.20. The molecule has 3 aromatic rings. The highest BCUT2D eigenvalue weighted by Gasteiger charge is 2.44. The summed E-state index contributed by atoms with van der Waals surface area (Å²) in [4.78, 5) is 38.0.